The van der Waals surface area contributed by atoms with Gasteiger partial charge in [0.25, 0.3) is 0 Å². The Hall–Kier alpha value is -2.04. The highest BCUT2D eigenvalue weighted by Gasteiger charge is 2.03. The number of hydrogen-bond donors (Lipinski definition) is 1. The van der Waals surface area contributed by atoms with Gasteiger partial charge in [-0.25, -0.2) is 0 Å². The summed E-state index contributed by atoms with van der Waals surface area (Å²) in [6.45, 7) is 1.61. The van der Waals surface area contributed by atoms with Crippen molar-refractivity contribution in [1.29, 1.82) is 0 Å². The average Bonchev–Trinajstić information content (AvgIpc) is 2.35. The maximum Gasteiger partial charge on any atom is 0.165 e. The molecule has 0 fully saturated rings. The van der Waals surface area contributed by atoms with E-state index < -0.39 is 0 Å². The van der Waals surface area contributed by atoms with Crippen molar-refractivity contribution in [2.45, 2.75) is 6.92 Å². The number of ether oxygens (including phenoxy) is 2. The van der Waals surface area contributed by atoms with Crippen LogP contribution in [0, 0.1) is 0 Å². The van der Waals surface area contributed by atoms with Crippen molar-refractivity contribution in [3.05, 3.63) is 18.2 Å². The molecule has 1 rings (SSSR count). The summed E-state index contributed by atoms with van der Waals surface area (Å²) in [4.78, 5) is 10.3. The number of aldehydes is 1. The molecule has 1 aromatic carbocycles. The van der Waals surface area contributed by atoms with E-state index in [1.165, 1.54) is 0 Å². The number of nitrogens with one attached hydrogen (secondary N) is 1. The summed E-state index contributed by atoms with van der Waals surface area (Å²) in [5.41, 5.74) is 3.83. The minimum atomic E-state index is 0.370. The van der Waals surface area contributed by atoms with Crippen LogP contribution in [0.15, 0.2) is 23.3 Å². The molecule has 5 nitrogen and oxygen atoms in total. The van der Waals surface area contributed by atoms with E-state index in [1.54, 1.807) is 39.3 Å². The minimum Gasteiger partial charge on any atom is -0.493 e. The molecule has 86 valence electrons. The fraction of sp³-hybridized carbons (Fsp3) is 0.273. The molecule has 0 saturated heterocycles. The largest absolute Gasteiger partial charge is 0.493 e. The van der Waals surface area contributed by atoms with Gasteiger partial charge < -0.3 is 9.47 Å². The molecule has 0 aliphatic heterocycles. The van der Waals surface area contributed by atoms with Crippen LogP contribution in [-0.2, 0) is 4.79 Å². The second-order valence-corrected chi connectivity index (χ2v) is 3.05. The van der Waals surface area contributed by atoms with Gasteiger partial charge in [0, 0.05) is 6.07 Å². The highest BCUT2D eigenvalue weighted by atomic mass is 16.5. The van der Waals surface area contributed by atoms with Crippen LogP contribution < -0.4 is 14.9 Å². The number of rotatable bonds is 5. The van der Waals surface area contributed by atoms with Gasteiger partial charge in [-0.1, -0.05) is 0 Å². The van der Waals surface area contributed by atoms with Crippen LogP contribution >= 0.6 is 0 Å². The fourth-order valence-electron chi connectivity index (χ4n) is 1.08. The molecule has 0 saturated carbocycles. The zero-order chi connectivity index (χ0) is 12.0. The summed E-state index contributed by atoms with van der Waals surface area (Å²) in [7, 11) is 3.13. The topological polar surface area (TPSA) is 59.9 Å². The average molecular weight is 222 g/mol. The molecule has 0 unspecified atom stereocenters. The third-order valence-electron chi connectivity index (χ3n) is 1.92. The Bertz CT molecular complexity index is 402. The van der Waals surface area contributed by atoms with Gasteiger partial charge in [-0.15, -0.1) is 0 Å². The van der Waals surface area contributed by atoms with E-state index in [-0.39, 0.29) is 0 Å². The first kappa shape index (κ1) is 12.0. The lowest BCUT2D eigenvalue weighted by atomic mass is 10.3. The third-order valence-corrected chi connectivity index (χ3v) is 1.92. The van der Waals surface area contributed by atoms with Crippen LogP contribution in [0.2, 0.25) is 0 Å². The molecule has 0 heterocycles. The predicted octanol–water partition coefficient (Wildman–Crippen LogP) is 1.69. The summed E-state index contributed by atoms with van der Waals surface area (Å²) in [6.07, 6.45) is 0.674. The number of benzene rings is 1. The van der Waals surface area contributed by atoms with Crippen molar-refractivity contribution < 1.29 is 14.3 Å². The molecule has 0 spiro atoms. The van der Waals surface area contributed by atoms with Crippen molar-refractivity contribution in [3.63, 3.8) is 0 Å². The molecule has 1 N–H and O–H groups in total. The standard InChI is InChI=1S/C11H14N2O3/c1-8(7-14)12-13-9-4-5-10(15-2)11(6-9)16-3/h4-7,13H,1-3H3/b12-8+. The maximum absolute atomic E-state index is 10.3. The van der Waals surface area contributed by atoms with Gasteiger partial charge in [0.15, 0.2) is 17.8 Å². The van der Waals surface area contributed by atoms with Gasteiger partial charge in [-0.05, 0) is 19.1 Å². The van der Waals surface area contributed by atoms with Gasteiger partial charge in [0.1, 0.15) is 0 Å². The first-order chi connectivity index (χ1) is 7.71. The molecule has 0 aromatic heterocycles. The van der Waals surface area contributed by atoms with E-state index in [9.17, 15) is 4.79 Å². The first-order valence-electron chi connectivity index (χ1n) is 4.68. The second-order valence-electron chi connectivity index (χ2n) is 3.05. The molecule has 5 heteroatoms. The highest BCUT2D eigenvalue weighted by molar-refractivity contribution is 6.27. The molecule has 0 radical (unpaired) electrons. The lowest BCUT2D eigenvalue weighted by Crippen LogP contribution is -1.99. The van der Waals surface area contributed by atoms with Gasteiger partial charge in [-0.2, -0.15) is 5.10 Å². The quantitative estimate of drug-likeness (QED) is 0.468. The van der Waals surface area contributed by atoms with Crippen molar-refractivity contribution in [1.82, 2.24) is 0 Å². The molecule has 16 heavy (non-hydrogen) atoms. The monoisotopic (exact) mass is 222 g/mol. The second kappa shape index (κ2) is 5.75. The molecular formula is C11H14N2O3. The Labute approximate surface area is 94.1 Å². The molecular weight excluding hydrogens is 208 g/mol. The van der Waals surface area contributed by atoms with Crippen LogP contribution in [0.1, 0.15) is 6.92 Å². The highest BCUT2D eigenvalue weighted by Crippen LogP contribution is 2.29. The Morgan fingerprint density at radius 3 is 2.56 bits per heavy atom. The van der Waals surface area contributed by atoms with Crippen molar-refractivity contribution in [3.8, 4) is 11.5 Å². The summed E-state index contributed by atoms with van der Waals surface area (Å²) in [6, 6.07) is 5.27. The van der Waals surface area contributed by atoms with Crippen molar-refractivity contribution in [2.24, 2.45) is 5.10 Å². The summed E-state index contributed by atoms with van der Waals surface area (Å²) in [5, 5.41) is 3.85. The van der Waals surface area contributed by atoms with Crippen LogP contribution in [0.5, 0.6) is 11.5 Å². The zero-order valence-electron chi connectivity index (χ0n) is 9.48. The first-order valence-corrected chi connectivity index (χ1v) is 4.68. The molecule has 1 aromatic rings. The van der Waals surface area contributed by atoms with Gasteiger partial charge in [0.2, 0.25) is 0 Å². The van der Waals surface area contributed by atoms with Crippen LogP contribution in [0.25, 0.3) is 0 Å². The van der Waals surface area contributed by atoms with E-state index in [4.69, 9.17) is 9.47 Å². The predicted molar refractivity (Wildman–Crippen MR) is 62.3 cm³/mol. The molecule has 0 atom stereocenters. The van der Waals surface area contributed by atoms with E-state index in [1.807, 2.05) is 0 Å². The summed E-state index contributed by atoms with van der Waals surface area (Å²) in [5.74, 6) is 1.25. The van der Waals surface area contributed by atoms with Crippen molar-refractivity contribution in [2.75, 3.05) is 19.6 Å². The van der Waals surface area contributed by atoms with Crippen molar-refractivity contribution >= 4 is 17.7 Å². The SMILES string of the molecule is COc1ccc(N/N=C(\C)C=O)cc1OC. The number of methoxy groups -OCH3 is 2. The van der Waals surface area contributed by atoms with E-state index >= 15 is 0 Å². The third kappa shape index (κ3) is 2.98. The maximum atomic E-state index is 10.3. The van der Waals surface area contributed by atoms with E-state index in [2.05, 4.69) is 10.5 Å². The number of anilines is 1. The number of nitrogens with zero attached hydrogens (tertiary/aromatic N) is 1. The van der Waals surface area contributed by atoms with Crippen LogP contribution in [-0.4, -0.2) is 26.2 Å². The Kier molecular flexibility index (Phi) is 4.32. The van der Waals surface area contributed by atoms with E-state index in [0.29, 0.717) is 23.5 Å². The Balaban J connectivity index is 2.87. The molecule has 0 bridgehead atoms. The summed E-state index contributed by atoms with van der Waals surface area (Å²) >= 11 is 0. The lowest BCUT2D eigenvalue weighted by molar-refractivity contribution is -0.102. The minimum absolute atomic E-state index is 0.370. The Morgan fingerprint density at radius 1 is 1.31 bits per heavy atom. The number of hydrogen-bond acceptors (Lipinski definition) is 5. The number of carbonyl (C=O) groups excluding carboxylic acids is 1. The normalized spacial score (nSPS) is 10.8. The van der Waals surface area contributed by atoms with Gasteiger partial charge in [0.05, 0.1) is 25.6 Å². The zero-order valence-corrected chi connectivity index (χ0v) is 9.48. The fourth-order valence-corrected chi connectivity index (χ4v) is 1.08. The molecule has 0 amide bonds. The summed E-state index contributed by atoms with van der Waals surface area (Å²) < 4.78 is 10.2. The lowest BCUT2D eigenvalue weighted by Gasteiger charge is -2.08. The van der Waals surface area contributed by atoms with Crippen LogP contribution in [0.4, 0.5) is 5.69 Å². The van der Waals surface area contributed by atoms with Crippen LogP contribution in [0.3, 0.4) is 0 Å². The smallest absolute Gasteiger partial charge is 0.165 e. The van der Waals surface area contributed by atoms with Gasteiger partial charge >= 0.3 is 0 Å². The number of hydrazone groups is 1. The van der Waals surface area contributed by atoms with Gasteiger partial charge in [-0.3, -0.25) is 10.2 Å². The molecule has 0 aliphatic carbocycles. The molecule has 0 aliphatic rings. The number of carbonyl (C=O) groups is 1. The van der Waals surface area contributed by atoms with E-state index in [0.717, 1.165) is 5.69 Å². The Morgan fingerprint density at radius 2 is 2.00 bits per heavy atom.